The first-order chi connectivity index (χ1) is 8.69. The number of aliphatic hydroxyl groups is 1. The highest BCUT2D eigenvalue weighted by Crippen LogP contribution is 2.22. The lowest BCUT2D eigenvalue weighted by Crippen LogP contribution is -2.37. The Morgan fingerprint density at radius 3 is 3.00 bits per heavy atom. The first kappa shape index (κ1) is 13.1. The zero-order chi connectivity index (χ0) is 13.0. The van der Waals surface area contributed by atoms with Gasteiger partial charge in [-0.2, -0.15) is 5.26 Å². The molecule has 18 heavy (non-hydrogen) atoms. The molecule has 3 atom stereocenters. The van der Waals surface area contributed by atoms with Gasteiger partial charge in [0.25, 0.3) is 0 Å². The normalized spacial score (nSPS) is 25.4. The van der Waals surface area contributed by atoms with Crippen LogP contribution < -0.4 is 5.32 Å². The molecule has 2 rings (SSSR count). The number of rotatable bonds is 3. The van der Waals surface area contributed by atoms with E-state index in [1.165, 1.54) is 0 Å². The molecular weight excluding hydrogens is 224 g/mol. The third-order valence-corrected chi connectivity index (χ3v) is 3.65. The van der Waals surface area contributed by atoms with Crippen LogP contribution >= 0.6 is 0 Å². The Bertz CT molecular complexity index is 438. The maximum Gasteiger partial charge on any atom is 0.0991 e. The minimum absolute atomic E-state index is 0.158. The van der Waals surface area contributed by atoms with Crippen molar-refractivity contribution in [2.45, 2.75) is 50.8 Å². The van der Waals surface area contributed by atoms with Crippen LogP contribution in [-0.2, 0) is 0 Å². The predicted molar refractivity (Wildman–Crippen MR) is 71.0 cm³/mol. The van der Waals surface area contributed by atoms with Gasteiger partial charge in [0.15, 0.2) is 0 Å². The summed E-state index contributed by atoms with van der Waals surface area (Å²) in [6.07, 6.45) is 3.82. The van der Waals surface area contributed by atoms with Gasteiger partial charge in [-0.05, 0) is 50.3 Å². The monoisotopic (exact) mass is 244 g/mol. The number of nitrogens with one attached hydrogen (secondary N) is 1. The van der Waals surface area contributed by atoms with E-state index < -0.39 is 0 Å². The van der Waals surface area contributed by atoms with Crippen LogP contribution in [0.25, 0.3) is 0 Å². The van der Waals surface area contributed by atoms with E-state index in [-0.39, 0.29) is 12.1 Å². The molecule has 1 fully saturated rings. The minimum atomic E-state index is -0.158. The molecule has 3 unspecified atom stereocenters. The Morgan fingerprint density at radius 1 is 1.44 bits per heavy atom. The largest absolute Gasteiger partial charge is 0.393 e. The second-order valence-electron chi connectivity index (χ2n) is 5.14. The number of aliphatic hydroxyl groups excluding tert-OH is 1. The molecular formula is C15H20N2O. The molecule has 0 aliphatic heterocycles. The maximum absolute atomic E-state index is 9.66. The lowest BCUT2D eigenvalue weighted by atomic mass is 9.92. The summed E-state index contributed by atoms with van der Waals surface area (Å²) >= 11 is 0. The van der Waals surface area contributed by atoms with E-state index in [4.69, 9.17) is 5.26 Å². The molecule has 2 N–H and O–H groups in total. The molecule has 1 aromatic rings. The molecule has 1 aromatic carbocycles. The molecule has 3 nitrogen and oxygen atoms in total. The molecule has 1 aliphatic carbocycles. The molecule has 0 bridgehead atoms. The maximum atomic E-state index is 9.66. The van der Waals surface area contributed by atoms with Gasteiger partial charge >= 0.3 is 0 Å². The van der Waals surface area contributed by atoms with Gasteiger partial charge < -0.3 is 10.4 Å². The van der Waals surface area contributed by atoms with Gasteiger partial charge in [0, 0.05) is 12.1 Å². The van der Waals surface area contributed by atoms with Crippen molar-refractivity contribution >= 4 is 0 Å². The van der Waals surface area contributed by atoms with Crippen LogP contribution in [0.15, 0.2) is 24.3 Å². The predicted octanol–water partition coefficient (Wildman–Crippen LogP) is 2.51. The smallest absolute Gasteiger partial charge is 0.0991 e. The van der Waals surface area contributed by atoms with Gasteiger partial charge in [-0.25, -0.2) is 0 Å². The summed E-state index contributed by atoms with van der Waals surface area (Å²) in [5.74, 6) is 0. The van der Waals surface area contributed by atoms with Crippen molar-refractivity contribution in [3.8, 4) is 6.07 Å². The molecule has 3 heteroatoms. The standard InChI is InChI=1S/C15H20N2O/c1-11(13-5-2-4-12(8-13)10-16)17-14-6-3-7-15(18)9-14/h2,4-5,8,11,14-15,17-18H,3,6-7,9H2,1H3. The number of hydrogen-bond acceptors (Lipinski definition) is 3. The zero-order valence-corrected chi connectivity index (χ0v) is 10.8. The molecule has 0 spiro atoms. The van der Waals surface area contributed by atoms with Crippen LogP contribution in [0.1, 0.15) is 49.8 Å². The van der Waals surface area contributed by atoms with Crippen molar-refractivity contribution < 1.29 is 5.11 Å². The number of benzene rings is 1. The average Bonchev–Trinajstić information content (AvgIpc) is 2.39. The van der Waals surface area contributed by atoms with Gasteiger partial charge in [0.2, 0.25) is 0 Å². The van der Waals surface area contributed by atoms with E-state index in [2.05, 4.69) is 18.3 Å². The summed E-state index contributed by atoms with van der Waals surface area (Å²) in [5.41, 5.74) is 1.83. The van der Waals surface area contributed by atoms with E-state index in [1.807, 2.05) is 24.3 Å². The van der Waals surface area contributed by atoms with Crippen molar-refractivity contribution in [2.24, 2.45) is 0 Å². The highest BCUT2D eigenvalue weighted by molar-refractivity contribution is 5.34. The Balaban J connectivity index is 1.98. The third kappa shape index (κ3) is 3.32. The summed E-state index contributed by atoms with van der Waals surface area (Å²) < 4.78 is 0. The first-order valence-electron chi connectivity index (χ1n) is 6.63. The van der Waals surface area contributed by atoms with E-state index >= 15 is 0 Å². The van der Waals surface area contributed by atoms with Crippen LogP contribution in [-0.4, -0.2) is 17.3 Å². The molecule has 1 saturated carbocycles. The summed E-state index contributed by atoms with van der Waals surface area (Å²) in [6.45, 7) is 2.11. The molecule has 96 valence electrons. The SMILES string of the molecule is CC(NC1CCCC(O)C1)c1cccc(C#N)c1. The average molecular weight is 244 g/mol. The Labute approximate surface area is 108 Å². The molecule has 1 aliphatic rings. The lowest BCUT2D eigenvalue weighted by molar-refractivity contribution is 0.109. The van der Waals surface area contributed by atoms with Crippen molar-refractivity contribution in [1.82, 2.24) is 5.32 Å². The molecule has 0 aromatic heterocycles. The summed E-state index contributed by atoms with van der Waals surface area (Å²) in [6, 6.07) is 10.5. The fourth-order valence-corrected chi connectivity index (χ4v) is 2.64. The Hall–Kier alpha value is -1.37. The quantitative estimate of drug-likeness (QED) is 0.859. The Morgan fingerprint density at radius 2 is 2.28 bits per heavy atom. The number of hydrogen-bond donors (Lipinski definition) is 2. The number of nitrogens with zero attached hydrogens (tertiary/aromatic N) is 1. The van der Waals surface area contributed by atoms with Crippen LogP contribution in [0, 0.1) is 11.3 Å². The van der Waals surface area contributed by atoms with Crippen molar-refractivity contribution in [3.05, 3.63) is 35.4 Å². The van der Waals surface area contributed by atoms with Crippen molar-refractivity contribution in [3.63, 3.8) is 0 Å². The van der Waals surface area contributed by atoms with Crippen molar-refractivity contribution in [1.29, 1.82) is 5.26 Å². The topological polar surface area (TPSA) is 56.0 Å². The van der Waals surface area contributed by atoms with Gasteiger partial charge in [-0.3, -0.25) is 0 Å². The highest BCUT2D eigenvalue weighted by Gasteiger charge is 2.21. The molecule has 0 radical (unpaired) electrons. The molecule has 0 heterocycles. The van der Waals surface area contributed by atoms with Crippen LogP contribution in [0.2, 0.25) is 0 Å². The second-order valence-corrected chi connectivity index (χ2v) is 5.14. The number of nitriles is 1. The minimum Gasteiger partial charge on any atom is -0.393 e. The van der Waals surface area contributed by atoms with E-state index in [9.17, 15) is 5.11 Å². The van der Waals surface area contributed by atoms with E-state index in [1.54, 1.807) is 0 Å². The zero-order valence-electron chi connectivity index (χ0n) is 10.8. The third-order valence-electron chi connectivity index (χ3n) is 3.65. The fraction of sp³-hybridized carbons (Fsp3) is 0.533. The summed E-state index contributed by atoms with van der Waals surface area (Å²) in [4.78, 5) is 0. The lowest BCUT2D eigenvalue weighted by Gasteiger charge is -2.29. The van der Waals surface area contributed by atoms with Crippen LogP contribution in [0.3, 0.4) is 0 Å². The van der Waals surface area contributed by atoms with Gasteiger partial charge in [-0.15, -0.1) is 0 Å². The van der Waals surface area contributed by atoms with Gasteiger partial charge in [-0.1, -0.05) is 12.1 Å². The summed E-state index contributed by atoms with van der Waals surface area (Å²) in [7, 11) is 0. The fourth-order valence-electron chi connectivity index (χ4n) is 2.64. The van der Waals surface area contributed by atoms with Gasteiger partial charge in [0.1, 0.15) is 0 Å². The van der Waals surface area contributed by atoms with Gasteiger partial charge in [0.05, 0.1) is 17.7 Å². The summed E-state index contributed by atoms with van der Waals surface area (Å²) in [5, 5.41) is 22.1. The highest BCUT2D eigenvalue weighted by atomic mass is 16.3. The van der Waals surface area contributed by atoms with E-state index in [0.717, 1.165) is 31.2 Å². The molecule has 0 saturated heterocycles. The first-order valence-corrected chi connectivity index (χ1v) is 6.63. The van der Waals surface area contributed by atoms with Crippen LogP contribution in [0.4, 0.5) is 0 Å². The Kier molecular flexibility index (Phi) is 4.35. The van der Waals surface area contributed by atoms with Crippen LogP contribution in [0.5, 0.6) is 0 Å². The van der Waals surface area contributed by atoms with Crippen molar-refractivity contribution in [2.75, 3.05) is 0 Å². The second kappa shape index (κ2) is 5.99. The van der Waals surface area contributed by atoms with E-state index in [0.29, 0.717) is 11.6 Å². The molecule has 0 amide bonds.